The highest BCUT2D eigenvalue weighted by Gasteiger charge is 2.24. The van der Waals surface area contributed by atoms with Crippen molar-refractivity contribution < 1.29 is 14.0 Å². The fraction of sp³-hybridized carbons (Fsp3) is 0.577. The van der Waals surface area contributed by atoms with Gasteiger partial charge in [0.25, 0.3) is 11.8 Å². The quantitative estimate of drug-likeness (QED) is 0.401. The lowest BCUT2D eigenvalue weighted by Crippen LogP contribution is -2.38. The summed E-state index contributed by atoms with van der Waals surface area (Å²) in [5.74, 6) is 0.0477. The van der Waals surface area contributed by atoms with Gasteiger partial charge in [0.2, 0.25) is 5.89 Å². The van der Waals surface area contributed by atoms with Gasteiger partial charge >= 0.3 is 0 Å². The van der Waals surface area contributed by atoms with Crippen molar-refractivity contribution in [2.24, 2.45) is 0 Å². The predicted molar refractivity (Wildman–Crippen MR) is 128 cm³/mol. The lowest BCUT2D eigenvalue weighted by atomic mass is 10.0. The first kappa shape index (κ1) is 25.6. The molecule has 1 aromatic heterocycles. The molecule has 0 aliphatic heterocycles. The Morgan fingerprint density at radius 2 is 1.75 bits per heavy atom. The summed E-state index contributed by atoms with van der Waals surface area (Å²) < 4.78 is 5.53. The molecule has 1 N–H and O–H groups in total. The maximum Gasteiger partial charge on any atom is 0.273 e. The standard InChI is InChI=1S/C26H39N3O3/c1-6-9-10-11-12-21-13-15-22(16-14-21)26(31)29(20(5)8-3)17-24-28-23(18-32-24)25(30)27-19(4)7-2/h13-16,18-20H,6-12,17H2,1-5H3,(H,27,30). The van der Waals surface area contributed by atoms with Crippen molar-refractivity contribution in [3.8, 4) is 0 Å². The van der Waals surface area contributed by atoms with Crippen LogP contribution in [0, 0.1) is 0 Å². The molecule has 1 heterocycles. The van der Waals surface area contributed by atoms with E-state index < -0.39 is 0 Å². The average Bonchev–Trinajstić information content (AvgIpc) is 3.28. The number of hydrogen-bond donors (Lipinski definition) is 1. The molecular weight excluding hydrogens is 402 g/mol. The van der Waals surface area contributed by atoms with Gasteiger partial charge in [0, 0.05) is 17.6 Å². The van der Waals surface area contributed by atoms with Gasteiger partial charge in [0.05, 0.1) is 6.54 Å². The molecular formula is C26H39N3O3. The van der Waals surface area contributed by atoms with Gasteiger partial charge in [-0.2, -0.15) is 0 Å². The largest absolute Gasteiger partial charge is 0.446 e. The number of carbonyl (C=O) groups excluding carboxylic acids is 2. The molecule has 0 bridgehead atoms. The lowest BCUT2D eigenvalue weighted by molar-refractivity contribution is 0.0652. The normalized spacial score (nSPS) is 12.9. The number of unbranched alkanes of at least 4 members (excludes halogenated alkanes) is 3. The van der Waals surface area contributed by atoms with Crippen LogP contribution in [0.1, 0.15) is 105 Å². The van der Waals surface area contributed by atoms with Gasteiger partial charge in [-0.15, -0.1) is 0 Å². The maximum atomic E-state index is 13.3. The summed E-state index contributed by atoms with van der Waals surface area (Å²) in [7, 11) is 0. The van der Waals surface area contributed by atoms with Crippen molar-refractivity contribution in [3.05, 3.63) is 53.2 Å². The van der Waals surface area contributed by atoms with Crippen molar-refractivity contribution in [2.45, 2.75) is 98.2 Å². The molecule has 0 aliphatic rings. The van der Waals surface area contributed by atoms with E-state index in [9.17, 15) is 9.59 Å². The molecule has 6 heteroatoms. The Morgan fingerprint density at radius 1 is 1.03 bits per heavy atom. The molecule has 0 radical (unpaired) electrons. The number of nitrogens with one attached hydrogen (secondary N) is 1. The highest BCUT2D eigenvalue weighted by molar-refractivity contribution is 5.94. The first-order valence-corrected chi connectivity index (χ1v) is 12.0. The molecule has 2 amide bonds. The molecule has 0 saturated heterocycles. The molecule has 32 heavy (non-hydrogen) atoms. The van der Waals surface area contributed by atoms with Crippen molar-refractivity contribution >= 4 is 11.8 Å². The minimum atomic E-state index is -0.259. The third-order valence-corrected chi connectivity index (χ3v) is 5.98. The molecule has 0 spiro atoms. The van der Waals surface area contributed by atoms with Gasteiger partial charge < -0.3 is 14.6 Å². The van der Waals surface area contributed by atoms with Crippen LogP contribution in [0.15, 0.2) is 34.9 Å². The Labute approximate surface area is 192 Å². The molecule has 0 fully saturated rings. The number of nitrogens with zero attached hydrogens (tertiary/aromatic N) is 2. The van der Waals surface area contributed by atoms with E-state index in [0.717, 1.165) is 19.3 Å². The Kier molecular flexibility index (Phi) is 10.4. The highest BCUT2D eigenvalue weighted by atomic mass is 16.3. The van der Waals surface area contributed by atoms with Gasteiger partial charge in [-0.3, -0.25) is 9.59 Å². The van der Waals surface area contributed by atoms with Crippen LogP contribution in [0.3, 0.4) is 0 Å². The number of carbonyl (C=O) groups is 2. The number of amides is 2. The summed E-state index contributed by atoms with van der Waals surface area (Å²) in [6.07, 6.45) is 8.97. The number of benzene rings is 1. The smallest absolute Gasteiger partial charge is 0.273 e. The first-order chi connectivity index (χ1) is 15.4. The summed E-state index contributed by atoms with van der Waals surface area (Å²) in [4.78, 5) is 31.6. The third-order valence-electron chi connectivity index (χ3n) is 5.98. The Balaban J connectivity index is 2.07. The zero-order valence-corrected chi connectivity index (χ0v) is 20.3. The van der Waals surface area contributed by atoms with Gasteiger partial charge in [-0.25, -0.2) is 4.98 Å². The van der Waals surface area contributed by atoms with E-state index in [-0.39, 0.29) is 36.1 Å². The summed E-state index contributed by atoms with van der Waals surface area (Å²) in [5.41, 5.74) is 2.16. The number of aromatic nitrogens is 1. The van der Waals surface area contributed by atoms with E-state index in [2.05, 4.69) is 29.4 Å². The van der Waals surface area contributed by atoms with E-state index >= 15 is 0 Å². The minimum Gasteiger partial charge on any atom is -0.446 e. The molecule has 0 saturated carbocycles. The molecule has 2 aromatic rings. The van der Waals surface area contributed by atoms with E-state index in [0.29, 0.717) is 11.5 Å². The topological polar surface area (TPSA) is 75.4 Å². The molecule has 2 rings (SSSR count). The number of hydrogen-bond acceptors (Lipinski definition) is 4. The minimum absolute atomic E-state index is 0.0144. The molecule has 176 valence electrons. The summed E-state index contributed by atoms with van der Waals surface area (Å²) in [6, 6.07) is 8.00. The summed E-state index contributed by atoms with van der Waals surface area (Å²) >= 11 is 0. The second-order valence-corrected chi connectivity index (χ2v) is 8.61. The zero-order valence-electron chi connectivity index (χ0n) is 20.3. The van der Waals surface area contributed by atoms with Crippen LogP contribution in [0.5, 0.6) is 0 Å². The SMILES string of the molecule is CCCCCCc1ccc(C(=O)N(Cc2nc(C(=O)NC(C)CC)co2)C(C)CC)cc1. The summed E-state index contributed by atoms with van der Waals surface area (Å²) in [5, 5.41) is 2.88. The van der Waals surface area contributed by atoms with E-state index in [1.807, 2.05) is 39.8 Å². The van der Waals surface area contributed by atoms with Crippen LogP contribution in [-0.4, -0.2) is 33.8 Å². The first-order valence-electron chi connectivity index (χ1n) is 12.0. The number of oxazole rings is 1. The van der Waals surface area contributed by atoms with Crippen molar-refractivity contribution in [1.29, 1.82) is 0 Å². The van der Waals surface area contributed by atoms with Crippen LogP contribution in [0.25, 0.3) is 0 Å². The highest BCUT2D eigenvalue weighted by Crippen LogP contribution is 2.17. The van der Waals surface area contributed by atoms with Crippen molar-refractivity contribution in [2.75, 3.05) is 0 Å². The second-order valence-electron chi connectivity index (χ2n) is 8.61. The Bertz CT molecular complexity index is 844. The molecule has 2 atom stereocenters. The van der Waals surface area contributed by atoms with Crippen LogP contribution >= 0.6 is 0 Å². The van der Waals surface area contributed by atoms with Gasteiger partial charge in [0.1, 0.15) is 6.26 Å². The fourth-order valence-electron chi connectivity index (χ4n) is 3.42. The molecule has 1 aromatic carbocycles. The van der Waals surface area contributed by atoms with E-state index in [4.69, 9.17) is 4.42 Å². The van der Waals surface area contributed by atoms with Crippen LogP contribution in [0.4, 0.5) is 0 Å². The maximum absolute atomic E-state index is 13.3. The molecule has 6 nitrogen and oxygen atoms in total. The van der Waals surface area contributed by atoms with Crippen LogP contribution < -0.4 is 5.32 Å². The monoisotopic (exact) mass is 441 g/mol. The number of aryl methyl sites for hydroxylation is 1. The number of rotatable bonds is 13. The van der Waals surface area contributed by atoms with Crippen molar-refractivity contribution in [3.63, 3.8) is 0 Å². The van der Waals surface area contributed by atoms with Crippen LogP contribution in [-0.2, 0) is 13.0 Å². The van der Waals surface area contributed by atoms with Crippen LogP contribution in [0.2, 0.25) is 0 Å². The van der Waals surface area contributed by atoms with Gasteiger partial charge in [-0.05, 0) is 57.2 Å². The predicted octanol–water partition coefficient (Wildman–Crippen LogP) is 5.77. The average molecular weight is 442 g/mol. The Hall–Kier alpha value is -2.63. The third kappa shape index (κ3) is 7.50. The van der Waals surface area contributed by atoms with E-state index in [1.165, 1.54) is 37.5 Å². The van der Waals surface area contributed by atoms with Gasteiger partial charge in [-0.1, -0.05) is 52.2 Å². The Morgan fingerprint density at radius 3 is 2.38 bits per heavy atom. The van der Waals surface area contributed by atoms with E-state index in [1.54, 1.807) is 4.90 Å². The molecule has 2 unspecified atom stereocenters. The van der Waals surface area contributed by atoms with Gasteiger partial charge in [0.15, 0.2) is 5.69 Å². The zero-order chi connectivity index (χ0) is 23.5. The van der Waals surface area contributed by atoms with Crippen molar-refractivity contribution in [1.82, 2.24) is 15.2 Å². The fourth-order valence-corrected chi connectivity index (χ4v) is 3.42. The summed E-state index contributed by atoms with van der Waals surface area (Å²) in [6.45, 7) is 10.4. The lowest BCUT2D eigenvalue weighted by Gasteiger charge is -2.27. The molecule has 0 aliphatic carbocycles. The second kappa shape index (κ2) is 13.0.